The highest BCUT2D eigenvalue weighted by Gasteiger charge is 2.23. The zero-order valence-corrected chi connectivity index (χ0v) is 13.9. The van der Waals surface area contributed by atoms with E-state index in [0.29, 0.717) is 17.7 Å². The Morgan fingerprint density at radius 3 is 3.09 bits per heavy atom. The highest BCUT2D eigenvalue weighted by atomic mass is 16.5. The van der Waals surface area contributed by atoms with Crippen molar-refractivity contribution in [1.29, 1.82) is 0 Å². The lowest BCUT2D eigenvalue weighted by molar-refractivity contribution is 0.172. The van der Waals surface area contributed by atoms with Crippen LogP contribution in [0.2, 0.25) is 0 Å². The fourth-order valence-corrected chi connectivity index (χ4v) is 2.86. The summed E-state index contributed by atoms with van der Waals surface area (Å²) in [6, 6.07) is 1.93. The van der Waals surface area contributed by atoms with Gasteiger partial charge in [-0.25, -0.2) is 9.97 Å². The maximum absolute atomic E-state index is 8.80. The van der Waals surface area contributed by atoms with E-state index in [9.17, 15) is 0 Å². The van der Waals surface area contributed by atoms with Gasteiger partial charge in [0.25, 0.3) is 0 Å². The molecule has 0 unspecified atom stereocenters. The van der Waals surface area contributed by atoms with E-state index in [2.05, 4.69) is 31.8 Å². The summed E-state index contributed by atoms with van der Waals surface area (Å²) < 4.78 is 5.13. The molecular weight excluding hydrogens is 296 g/mol. The number of nitrogens with zero attached hydrogens (tertiary/aromatic N) is 5. The van der Waals surface area contributed by atoms with Gasteiger partial charge >= 0.3 is 0 Å². The summed E-state index contributed by atoms with van der Waals surface area (Å²) in [5, 5.41) is 11.8. The van der Waals surface area contributed by atoms with Crippen molar-refractivity contribution in [2.45, 2.75) is 25.8 Å². The number of hydrogen-bond acceptors (Lipinski definition) is 7. The van der Waals surface area contributed by atoms with Gasteiger partial charge in [0.2, 0.25) is 5.95 Å². The topological polar surface area (TPSA) is 100 Å². The van der Waals surface area contributed by atoms with E-state index in [1.54, 1.807) is 19.4 Å². The van der Waals surface area contributed by atoms with E-state index in [1.807, 2.05) is 0 Å². The van der Waals surface area contributed by atoms with Crippen molar-refractivity contribution in [2.24, 2.45) is 10.9 Å². The first-order chi connectivity index (χ1) is 11.2. The predicted octanol–water partition coefficient (Wildman–Crippen LogP) is 0.508. The van der Waals surface area contributed by atoms with Gasteiger partial charge in [0.05, 0.1) is 0 Å². The second-order valence-electron chi connectivity index (χ2n) is 5.77. The number of hydrogen-bond donors (Lipinski definition) is 2. The van der Waals surface area contributed by atoms with Gasteiger partial charge in [-0.1, -0.05) is 5.16 Å². The summed E-state index contributed by atoms with van der Waals surface area (Å²) in [7, 11) is 1.73. The molecule has 2 rings (SSSR count). The molecule has 8 nitrogen and oxygen atoms in total. The highest BCUT2D eigenvalue weighted by molar-refractivity contribution is 5.95. The normalized spacial score (nSPS) is 20.5. The van der Waals surface area contributed by atoms with E-state index in [1.165, 1.54) is 0 Å². The molecule has 1 saturated heterocycles. The lowest BCUT2D eigenvalue weighted by Crippen LogP contribution is -2.40. The van der Waals surface area contributed by atoms with Gasteiger partial charge in [0.1, 0.15) is 5.69 Å². The monoisotopic (exact) mass is 322 g/mol. The standard InChI is InChI=1S/C15H26N6O2/c1-12-11-20(8-4-10-23-2)7-3-9-21(12)15-17-6-5-13(18-15)14(16)19-22/h5-6,12,22H,3-4,7-11H2,1-2H3,(H2,16,19)/t12-/m0/s1. The Morgan fingerprint density at radius 1 is 1.52 bits per heavy atom. The van der Waals surface area contributed by atoms with Crippen molar-refractivity contribution in [3.05, 3.63) is 18.0 Å². The molecule has 1 fully saturated rings. The largest absolute Gasteiger partial charge is 0.409 e. The van der Waals surface area contributed by atoms with Crippen LogP contribution in [0.25, 0.3) is 0 Å². The van der Waals surface area contributed by atoms with Crippen LogP contribution in [0.5, 0.6) is 0 Å². The zero-order chi connectivity index (χ0) is 16.7. The van der Waals surface area contributed by atoms with Crippen LogP contribution < -0.4 is 10.6 Å². The molecule has 0 spiro atoms. The first-order valence-corrected chi connectivity index (χ1v) is 7.94. The Kier molecular flexibility index (Phi) is 6.54. The molecule has 0 aliphatic carbocycles. The molecule has 1 aliphatic heterocycles. The molecule has 2 heterocycles. The van der Waals surface area contributed by atoms with Gasteiger partial charge in [0, 0.05) is 45.6 Å². The summed E-state index contributed by atoms with van der Waals surface area (Å²) in [5.41, 5.74) is 6.06. The number of methoxy groups -OCH3 is 1. The number of anilines is 1. The van der Waals surface area contributed by atoms with Crippen LogP contribution in [0.3, 0.4) is 0 Å². The third kappa shape index (κ3) is 4.77. The Bertz CT molecular complexity index is 524. The molecule has 3 N–H and O–H groups in total. The minimum Gasteiger partial charge on any atom is -0.409 e. The number of aromatic nitrogens is 2. The van der Waals surface area contributed by atoms with Crippen LogP contribution >= 0.6 is 0 Å². The average Bonchev–Trinajstić information content (AvgIpc) is 2.75. The molecule has 8 heteroatoms. The first kappa shape index (κ1) is 17.4. The molecule has 23 heavy (non-hydrogen) atoms. The fourth-order valence-electron chi connectivity index (χ4n) is 2.86. The number of nitrogens with two attached hydrogens (primary N) is 1. The molecule has 0 bridgehead atoms. The van der Waals surface area contributed by atoms with Gasteiger partial charge in [-0.3, -0.25) is 0 Å². The fraction of sp³-hybridized carbons (Fsp3) is 0.667. The van der Waals surface area contributed by atoms with Gasteiger partial charge in [-0.2, -0.15) is 0 Å². The van der Waals surface area contributed by atoms with E-state index in [0.717, 1.165) is 45.6 Å². The second kappa shape index (κ2) is 8.64. The van der Waals surface area contributed by atoms with Gasteiger partial charge < -0.3 is 25.5 Å². The molecule has 1 aromatic heterocycles. The average molecular weight is 322 g/mol. The molecule has 128 valence electrons. The zero-order valence-electron chi connectivity index (χ0n) is 13.9. The molecule has 0 amide bonds. The molecule has 0 aromatic carbocycles. The van der Waals surface area contributed by atoms with Crippen molar-refractivity contribution in [3.63, 3.8) is 0 Å². The van der Waals surface area contributed by atoms with Gasteiger partial charge in [-0.05, 0) is 32.4 Å². The van der Waals surface area contributed by atoms with Gasteiger partial charge in [-0.15, -0.1) is 0 Å². The van der Waals surface area contributed by atoms with Crippen molar-refractivity contribution >= 4 is 11.8 Å². The lowest BCUT2D eigenvalue weighted by Gasteiger charge is -2.29. The minimum atomic E-state index is -0.00248. The van der Waals surface area contributed by atoms with E-state index >= 15 is 0 Å². The SMILES string of the molecule is COCCCN1CCCN(c2nccc(/C(N)=N/O)n2)[C@@H](C)C1. The van der Waals surface area contributed by atoms with E-state index < -0.39 is 0 Å². The number of rotatable bonds is 6. The number of oxime groups is 1. The maximum Gasteiger partial charge on any atom is 0.226 e. The third-order valence-corrected chi connectivity index (χ3v) is 4.02. The van der Waals surface area contributed by atoms with Crippen molar-refractivity contribution in [2.75, 3.05) is 44.8 Å². The summed E-state index contributed by atoms with van der Waals surface area (Å²) in [6.07, 6.45) is 3.73. The van der Waals surface area contributed by atoms with Crippen molar-refractivity contribution in [3.8, 4) is 0 Å². The Hall–Kier alpha value is -1.93. The predicted molar refractivity (Wildman–Crippen MR) is 88.9 cm³/mol. The smallest absolute Gasteiger partial charge is 0.226 e. The maximum atomic E-state index is 8.80. The van der Waals surface area contributed by atoms with Gasteiger partial charge in [0.15, 0.2) is 5.84 Å². The third-order valence-electron chi connectivity index (χ3n) is 4.02. The Morgan fingerprint density at radius 2 is 2.35 bits per heavy atom. The first-order valence-electron chi connectivity index (χ1n) is 7.94. The van der Waals surface area contributed by atoms with Crippen LogP contribution in [0.4, 0.5) is 5.95 Å². The highest BCUT2D eigenvalue weighted by Crippen LogP contribution is 2.16. The number of amidine groups is 1. The van der Waals surface area contributed by atoms with Crippen LogP contribution in [-0.2, 0) is 4.74 Å². The minimum absolute atomic E-state index is 0.00248. The lowest BCUT2D eigenvalue weighted by atomic mass is 10.2. The molecule has 1 atom stereocenters. The van der Waals surface area contributed by atoms with Crippen LogP contribution in [0.1, 0.15) is 25.5 Å². The Labute approximate surface area is 136 Å². The molecule has 0 saturated carbocycles. The van der Waals surface area contributed by atoms with E-state index in [4.69, 9.17) is 15.7 Å². The molecular formula is C15H26N6O2. The molecule has 1 aliphatic rings. The quantitative estimate of drug-likeness (QED) is 0.259. The summed E-state index contributed by atoms with van der Waals surface area (Å²) in [5.74, 6) is 0.623. The van der Waals surface area contributed by atoms with Crippen molar-refractivity contribution < 1.29 is 9.94 Å². The molecule has 1 aromatic rings. The van der Waals surface area contributed by atoms with Crippen molar-refractivity contribution in [1.82, 2.24) is 14.9 Å². The molecule has 0 radical (unpaired) electrons. The summed E-state index contributed by atoms with van der Waals surface area (Å²) in [6.45, 7) is 6.91. The summed E-state index contributed by atoms with van der Waals surface area (Å²) >= 11 is 0. The van der Waals surface area contributed by atoms with Crippen LogP contribution in [-0.4, -0.2) is 71.8 Å². The van der Waals surface area contributed by atoms with E-state index in [-0.39, 0.29) is 5.84 Å². The Balaban J connectivity index is 2.05. The van der Waals surface area contributed by atoms with Crippen LogP contribution in [0, 0.1) is 0 Å². The summed E-state index contributed by atoms with van der Waals surface area (Å²) in [4.78, 5) is 13.4. The number of ether oxygens (including phenoxy) is 1. The second-order valence-corrected chi connectivity index (χ2v) is 5.77. The van der Waals surface area contributed by atoms with Crippen LogP contribution in [0.15, 0.2) is 17.4 Å².